The number of aromatic nitrogens is 2. The number of hydrogen-bond donors (Lipinski definition) is 2. The number of halogens is 2. The Morgan fingerprint density at radius 2 is 2.03 bits per heavy atom. The van der Waals surface area contributed by atoms with Gasteiger partial charge in [-0.2, -0.15) is 5.10 Å². The number of rotatable bonds is 8. The van der Waals surface area contributed by atoms with Crippen molar-refractivity contribution in [1.82, 2.24) is 20.0 Å². The number of aryl methyl sites for hydroxylation is 2. The highest BCUT2D eigenvalue weighted by Crippen LogP contribution is 2.18. The quantitative estimate of drug-likeness (QED) is 0.291. The average Bonchev–Trinajstić information content (AvgIpc) is 3.02. The third-order valence-electron chi connectivity index (χ3n) is 4.56. The molecule has 0 bridgehead atoms. The molecule has 0 amide bonds. The average molecular weight is 566 g/mol. The van der Waals surface area contributed by atoms with Crippen LogP contribution in [-0.4, -0.2) is 55.5 Å². The van der Waals surface area contributed by atoms with E-state index in [4.69, 9.17) is 0 Å². The summed E-state index contributed by atoms with van der Waals surface area (Å²) in [5.74, 6) is 0.239. The Labute approximate surface area is 201 Å². The number of anilines is 1. The van der Waals surface area contributed by atoms with E-state index in [1.807, 2.05) is 25.2 Å². The van der Waals surface area contributed by atoms with Gasteiger partial charge >= 0.3 is 0 Å². The van der Waals surface area contributed by atoms with Crippen LogP contribution in [0.1, 0.15) is 36.6 Å². The summed E-state index contributed by atoms with van der Waals surface area (Å²) in [5.41, 5.74) is 2.78. The first-order valence-electron chi connectivity index (χ1n) is 9.73. The minimum Gasteiger partial charge on any atom is -0.355 e. The van der Waals surface area contributed by atoms with Gasteiger partial charge in [-0.25, -0.2) is 12.8 Å². The Bertz CT molecular complexity index is 1010. The molecular weight excluding hydrogens is 534 g/mol. The number of nitrogens with one attached hydrogen (secondary N) is 2. The fourth-order valence-electron chi connectivity index (χ4n) is 3.06. The van der Waals surface area contributed by atoms with Gasteiger partial charge in [-0.3, -0.25) is 14.4 Å². The van der Waals surface area contributed by atoms with Crippen LogP contribution in [0, 0.1) is 12.7 Å². The maximum Gasteiger partial charge on any atom is 0.234 e. The van der Waals surface area contributed by atoms with Crippen molar-refractivity contribution in [3.8, 4) is 0 Å². The fourth-order valence-corrected chi connectivity index (χ4v) is 4.02. The van der Waals surface area contributed by atoms with Gasteiger partial charge in [-0.05, 0) is 30.5 Å². The summed E-state index contributed by atoms with van der Waals surface area (Å²) in [6.45, 7) is 6.56. The van der Waals surface area contributed by atoms with Crippen molar-refractivity contribution < 1.29 is 12.8 Å². The van der Waals surface area contributed by atoms with Gasteiger partial charge in [0.2, 0.25) is 10.0 Å². The van der Waals surface area contributed by atoms with Crippen LogP contribution >= 0.6 is 24.0 Å². The molecule has 31 heavy (non-hydrogen) atoms. The van der Waals surface area contributed by atoms with Crippen LogP contribution in [0.2, 0.25) is 0 Å². The molecule has 0 atom stereocenters. The van der Waals surface area contributed by atoms with Crippen molar-refractivity contribution in [2.45, 2.75) is 33.2 Å². The van der Waals surface area contributed by atoms with Crippen molar-refractivity contribution in [3.05, 3.63) is 47.0 Å². The van der Waals surface area contributed by atoms with Gasteiger partial charge in [-0.15, -0.1) is 24.0 Å². The molecule has 1 aromatic heterocycles. The largest absolute Gasteiger partial charge is 0.355 e. The van der Waals surface area contributed by atoms with E-state index >= 15 is 0 Å². The second-order valence-corrected chi connectivity index (χ2v) is 9.42. The first-order chi connectivity index (χ1) is 14.0. The highest BCUT2D eigenvalue weighted by atomic mass is 127. The van der Waals surface area contributed by atoms with E-state index in [2.05, 4.69) is 34.0 Å². The maximum atomic E-state index is 13.6. The second-order valence-electron chi connectivity index (χ2n) is 7.58. The van der Waals surface area contributed by atoms with Gasteiger partial charge in [0.05, 0.1) is 17.1 Å². The zero-order chi connectivity index (χ0) is 22.5. The Morgan fingerprint density at radius 1 is 1.35 bits per heavy atom. The lowest BCUT2D eigenvalue weighted by Gasteiger charge is -2.22. The molecule has 0 saturated carbocycles. The van der Waals surface area contributed by atoms with Crippen LogP contribution < -0.4 is 10.0 Å². The number of benzene rings is 1. The van der Waals surface area contributed by atoms with Gasteiger partial charge < -0.3 is 10.2 Å². The van der Waals surface area contributed by atoms with Gasteiger partial charge in [-0.1, -0.05) is 19.9 Å². The Hall–Kier alpha value is -1.89. The minimum absolute atomic E-state index is 0. The topological polar surface area (TPSA) is 91.6 Å². The summed E-state index contributed by atoms with van der Waals surface area (Å²) in [5, 5.41) is 7.57. The molecule has 0 fully saturated rings. The lowest BCUT2D eigenvalue weighted by atomic mass is 10.1. The normalized spacial score (nSPS) is 11.9. The Morgan fingerprint density at radius 3 is 2.61 bits per heavy atom. The van der Waals surface area contributed by atoms with Gasteiger partial charge in [0.15, 0.2) is 5.96 Å². The highest BCUT2D eigenvalue weighted by Gasteiger charge is 2.16. The molecule has 0 aliphatic heterocycles. The zero-order valence-corrected chi connectivity index (χ0v) is 22.0. The molecular formula is C20H32FIN6O2S. The number of guanidine groups is 1. The van der Waals surface area contributed by atoms with E-state index in [-0.39, 0.29) is 42.0 Å². The molecule has 0 aliphatic rings. The third-order valence-corrected chi connectivity index (χ3v) is 5.85. The van der Waals surface area contributed by atoms with E-state index in [0.29, 0.717) is 24.0 Å². The first kappa shape index (κ1) is 27.1. The predicted octanol–water partition coefficient (Wildman–Crippen LogP) is 3.06. The minimum atomic E-state index is -3.63. The SMILES string of the molecule is CN=C(NCCS(=O)(=O)Nc1ccc(C)c(F)c1)N(C)Cc1cn(C)nc1C(C)C.I. The Kier molecular flexibility index (Phi) is 10.2. The van der Waals surface area contributed by atoms with Crippen LogP contribution in [-0.2, 0) is 23.6 Å². The predicted molar refractivity (Wildman–Crippen MR) is 134 cm³/mol. The second kappa shape index (κ2) is 11.7. The van der Waals surface area contributed by atoms with Gasteiger partial charge in [0.1, 0.15) is 5.82 Å². The van der Waals surface area contributed by atoms with Crippen LogP contribution in [0.4, 0.5) is 10.1 Å². The summed E-state index contributed by atoms with van der Waals surface area (Å²) < 4.78 is 42.4. The Balaban J connectivity index is 0.00000480. The van der Waals surface area contributed by atoms with Gasteiger partial charge in [0.25, 0.3) is 0 Å². The standard InChI is InChI=1S/C20H31FN6O2S.HI/c1-14(2)19-16(13-27(6)24-19)12-26(5)20(22-4)23-9-10-30(28,29)25-17-8-7-15(3)18(21)11-17;/h7-8,11,13-14,25H,9-10,12H2,1-6H3,(H,22,23);1H. The summed E-state index contributed by atoms with van der Waals surface area (Å²) in [6.07, 6.45) is 1.98. The van der Waals surface area contributed by atoms with E-state index in [1.54, 1.807) is 18.7 Å². The summed E-state index contributed by atoms with van der Waals surface area (Å²) in [4.78, 5) is 6.14. The molecule has 2 aromatic rings. The third kappa shape index (κ3) is 7.95. The molecule has 174 valence electrons. The molecule has 0 spiro atoms. The molecule has 1 heterocycles. The van der Waals surface area contributed by atoms with E-state index in [0.717, 1.165) is 11.3 Å². The molecule has 0 radical (unpaired) electrons. The van der Waals surface area contributed by atoms with Crippen molar-refractivity contribution >= 4 is 45.6 Å². The van der Waals surface area contributed by atoms with E-state index in [9.17, 15) is 12.8 Å². The first-order valence-corrected chi connectivity index (χ1v) is 11.4. The molecule has 2 rings (SSSR count). The smallest absolute Gasteiger partial charge is 0.234 e. The van der Waals surface area contributed by atoms with Crippen molar-refractivity contribution in [2.75, 3.05) is 31.1 Å². The van der Waals surface area contributed by atoms with Crippen LogP contribution in [0.15, 0.2) is 29.4 Å². The number of nitrogens with zero attached hydrogens (tertiary/aromatic N) is 4. The van der Waals surface area contributed by atoms with E-state index in [1.165, 1.54) is 18.2 Å². The van der Waals surface area contributed by atoms with Crippen molar-refractivity contribution in [2.24, 2.45) is 12.0 Å². The molecule has 0 saturated heterocycles. The maximum absolute atomic E-state index is 13.6. The van der Waals surface area contributed by atoms with Crippen LogP contribution in [0.5, 0.6) is 0 Å². The summed E-state index contributed by atoms with van der Waals surface area (Å²) >= 11 is 0. The van der Waals surface area contributed by atoms with Crippen molar-refractivity contribution in [3.63, 3.8) is 0 Å². The van der Waals surface area contributed by atoms with E-state index < -0.39 is 15.8 Å². The number of hydrogen-bond acceptors (Lipinski definition) is 4. The summed E-state index contributed by atoms with van der Waals surface area (Å²) in [6, 6.07) is 4.25. The lowest BCUT2D eigenvalue weighted by molar-refractivity contribution is 0.475. The molecule has 1 aromatic carbocycles. The van der Waals surface area contributed by atoms with Crippen LogP contribution in [0.3, 0.4) is 0 Å². The number of sulfonamides is 1. The summed E-state index contributed by atoms with van der Waals surface area (Å²) in [7, 11) is 1.79. The van der Waals surface area contributed by atoms with Crippen molar-refractivity contribution in [1.29, 1.82) is 0 Å². The molecule has 0 unspecified atom stereocenters. The zero-order valence-electron chi connectivity index (χ0n) is 18.8. The lowest BCUT2D eigenvalue weighted by Crippen LogP contribution is -2.41. The van der Waals surface area contributed by atoms with Gasteiger partial charge in [0, 0.05) is 46.0 Å². The number of aliphatic imine (C=N–C) groups is 1. The fraction of sp³-hybridized carbons (Fsp3) is 0.500. The monoisotopic (exact) mass is 566 g/mol. The molecule has 0 aliphatic carbocycles. The highest BCUT2D eigenvalue weighted by molar-refractivity contribution is 14.0. The molecule has 2 N–H and O–H groups in total. The van der Waals surface area contributed by atoms with Crippen LogP contribution in [0.25, 0.3) is 0 Å². The molecule has 8 nitrogen and oxygen atoms in total. The molecule has 11 heteroatoms.